The summed E-state index contributed by atoms with van der Waals surface area (Å²) in [7, 11) is 1.80. The Morgan fingerprint density at radius 1 is 1.21 bits per heavy atom. The Labute approximate surface area is 169 Å². The van der Waals surface area contributed by atoms with Crippen molar-refractivity contribution in [3.05, 3.63) is 77.1 Å². The summed E-state index contributed by atoms with van der Waals surface area (Å²) >= 11 is 0. The fourth-order valence-corrected chi connectivity index (χ4v) is 3.68. The first-order chi connectivity index (χ1) is 14.8. The zero-order valence-corrected chi connectivity index (χ0v) is 15.8. The van der Waals surface area contributed by atoms with Crippen molar-refractivity contribution in [1.29, 1.82) is 0 Å². The first kappa shape index (κ1) is 15.3. The van der Waals surface area contributed by atoms with Crippen LogP contribution in [-0.2, 0) is 20.1 Å². The molecule has 4 heterocycles. The van der Waals surface area contributed by atoms with Gasteiger partial charge in [0, 0.05) is 43.1 Å². The van der Waals surface area contributed by atoms with Crippen LogP contribution < -0.4 is 0 Å². The molecular formula is C22H18FN5O. The number of amides is 1. The lowest BCUT2D eigenvalue weighted by molar-refractivity contribution is 0.0764. The zero-order valence-electron chi connectivity index (χ0n) is 17.8. The van der Waals surface area contributed by atoms with Gasteiger partial charge in [0.05, 0.1) is 20.5 Å². The Bertz CT molecular complexity index is 1340. The minimum absolute atomic E-state index is 0.0606. The predicted octanol–water partition coefficient (Wildman–Crippen LogP) is 3.63. The molecule has 3 aromatic heterocycles. The molecule has 0 saturated carbocycles. The molecule has 0 saturated heterocycles. The molecule has 1 aromatic carbocycles. The van der Waals surface area contributed by atoms with E-state index in [2.05, 4.69) is 15.1 Å². The number of carbonyl (C=O) groups excluding carboxylic acids is 1. The van der Waals surface area contributed by atoms with E-state index in [9.17, 15) is 4.79 Å². The SMILES string of the molecule is [2H]C1([2H])c2ncccc2C(=O)N1Cc1c(C)cc(-c2ccnc3nn(C)cc23)cc1F. The van der Waals surface area contributed by atoms with Gasteiger partial charge in [-0.05, 0) is 47.9 Å². The van der Waals surface area contributed by atoms with Gasteiger partial charge >= 0.3 is 0 Å². The van der Waals surface area contributed by atoms with E-state index in [0.717, 1.165) is 15.8 Å². The van der Waals surface area contributed by atoms with Crippen LogP contribution in [0.4, 0.5) is 4.39 Å². The zero-order chi connectivity index (χ0) is 21.9. The van der Waals surface area contributed by atoms with Crippen molar-refractivity contribution in [2.45, 2.75) is 20.0 Å². The third-order valence-corrected chi connectivity index (χ3v) is 5.11. The standard InChI is InChI=1S/C22H18FN5O/c1-13-8-14(15-5-7-25-21-18(15)10-27(2)26-21)9-19(23)17(13)11-28-12-20-16(22(28)29)4-3-6-24-20/h3-10H,11-12H2,1-2H3/i12D2. The molecule has 1 aliphatic rings. The highest BCUT2D eigenvalue weighted by Gasteiger charge is 2.29. The van der Waals surface area contributed by atoms with Gasteiger partial charge in [-0.1, -0.05) is 6.07 Å². The van der Waals surface area contributed by atoms with Gasteiger partial charge in [0.15, 0.2) is 5.65 Å². The molecule has 144 valence electrons. The lowest BCUT2D eigenvalue weighted by Crippen LogP contribution is -2.24. The maximum absolute atomic E-state index is 15.3. The highest BCUT2D eigenvalue weighted by Crippen LogP contribution is 2.31. The van der Waals surface area contributed by atoms with Gasteiger partial charge in [-0.25, -0.2) is 9.37 Å². The highest BCUT2D eigenvalue weighted by molar-refractivity contribution is 5.97. The number of aryl methyl sites for hydroxylation is 2. The summed E-state index contributed by atoms with van der Waals surface area (Å²) in [6, 6.07) is 8.18. The Balaban J connectivity index is 1.55. The number of halogens is 1. The molecule has 1 amide bonds. The molecule has 6 nitrogen and oxygen atoms in total. The maximum Gasteiger partial charge on any atom is 0.256 e. The molecule has 0 N–H and O–H groups in total. The first-order valence-electron chi connectivity index (χ1n) is 10.1. The van der Waals surface area contributed by atoms with Crippen molar-refractivity contribution < 1.29 is 11.9 Å². The normalized spacial score (nSPS) is 16.1. The minimum Gasteiger partial charge on any atom is -0.328 e. The summed E-state index contributed by atoms with van der Waals surface area (Å²) in [6.45, 7) is -0.554. The largest absolute Gasteiger partial charge is 0.328 e. The van der Waals surface area contributed by atoms with Crippen molar-refractivity contribution in [3.8, 4) is 11.1 Å². The molecule has 4 aromatic rings. The van der Waals surface area contributed by atoms with Gasteiger partial charge < -0.3 is 4.90 Å². The molecule has 0 spiro atoms. The maximum atomic E-state index is 15.3. The number of benzene rings is 1. The minimum atomic E-state index is -2.11. The van der Waals surface area contributed by atoms with Gasteiger partial charge in [-0.2, -0.15) is 5.10 Å². The molecule has 0 bridgehead atoms. The summed E-state index contributed by atoms with van der Waals surface area (Å²) in [5, 5.41) is 5.10. The smallest absolute Gasteiger partial charge is 0.256 e. The van der Waals surface area contributed by atoms with Crippen LogP contribution in [0.1, 0.15) is 29.9 Å². The van der Waals surface area contributed by atoms with E-state index in [0.29, 0.717) is 16.8 Å². The van der Waals surface area contributed by atoms with Crippen LogP contribution in [0, 0.1) is 12.7 Å². The van der Waals surface area contributed by atoms with Gasteiger partial charge in [-0.15, -0.1) is 0 Å². The van der Waals surface area contributed by atoms with Gasteiger partial charge in [0.2, 0.25) is 0 Å². The summed E-state index contributed by atoms with van der Waals surface area (Å²) in [5.41, 5.74) is 3.20. The fourth-order valence-electron chi connectivity index (χ4n) is 3.68. The number of hydrogen-bond donors (Lipinski definition) is 0. The molecule has 29 heavy (non-hydrogen) atoms. The number of hydrogen-bond acceptors (Lipinski definition) is 4. The van der Waals surface area contributed by atoms with Gasteiger partial charge in [0.1, 0.15) is 5.82 Å². The first-order valence-corrected chi connectivity index (χ1v) is 9.12. The van der Waals surface area contributed by atoms with Crippen LogP contribution in [0.2, 0.25) is 0 Å². The number of pyridine rings is 2. The topological polar surface area (TPSA) is 63.9 Å². The molecule has 1 aliphatic heterocycles. The van der Waals surface area contributed by atoms with Crippen LogP contribution in [0.25, 0.3) is 22.2 Å². The average Bonchev–Trinajstić information content (AvgIpc) is 3.20. The molecular weight excluding hydrogens is 369 g/mol. The average molecular weight is 389 g/mol. The van der Waals surface area contributed by atoms with Gasteiger partial charge in [0.25, 0.3) is 5.91 Å². The van der Waals surface area contributed by atoms with Crippen molar-refractivity contribution in [1.82, 2.24) is 24.6 Å². The van der Waals surface area contributed by atoms with E-state index in [-0.39, 0.29) is 23.4 Å². The van der Waals surface area contributed by atoms with Crippen LogP contribution in [0.3, 0.4) is 0 Å². The Hall–Kier alpha value is -3.61. The predicted molar refractivity (Wildman–Crippen MR) is 106 cm³/mol. The van der Waals surface area contributed by atoms with Crippen molar-refractivity contribution >= 4 is 16.9 Å². The van der Waals surface area contributed by atoms with E-state index in [1.165, 1.54) is 18.3 Å². The Morgan fingerprint density at radius 3 is 2.86 bits per heavy atom. The number of carbonyl (C=O) groups is 1. The van der Waals surface area contributed by atoms with Gasteiger partial charge in [-0.3, -0.25) is 14.5 Å². The van der Waals surface area contributed by atoms with Crippen LogP contribution in [-0.4, -0.2) is 30.6 Å². The molecule has 0 atom stereocenters. The molecule has 0 fully saturated rings. The van der Waals surface area contributed by atoms with E-state index < -0.39 is 18.2 Å². The summed E-state index contributed by atoms with van der Waals surface area (Å²) in [4.78, 5) is 22.1. The molecule has 7 heteroatoms. The van der Waals surface area contributed by atoms with Crippen molar-refractivity contribution in [2.75, 3.05) is 0 Å². The quantitative estimate of drug-likeness (QED) is 0.537. The molecule has 0 radical (unpaired) electrons. The Morgan fingerprint density at radius 2 is 2.07 bits per heavy atom. The molecule has 0 unspecified atom stereocenters. The summed E-state index contributed by atoms with van der Waals surface area (Å²) < 4.78 is 33.7. The van der Waals surface area contributed by atoms with E-state index in [4.69, 9.17) is 2.74 Å². The highest BCUT2D eigenvalue weighted by atomic mass is 19.1. The lowest BCUT2D eigenvalue weighted by atomic mass is 9.98. The fraction of sp³-hybridized carbons (Fsp3) is 0.182. The third kappa shape index (κ3) is 2.86. The number of fused-ring (bicyclic) bond motifs is 2. The summed E-state index contributed by atoms with van der Waals surface area (Å²) in [5.74, 6) is -1.00. The number of aromatic nitrogens is 4. The lowest BCUT2D eigenvalue weighted by Gasteiger charge is -2.18. The van der Waals surface area contributed by atoms with E-state index >= 15 is 4.39 Å². The third-order valence-electron chi connectivity index (χ3n) is 5.11. The Kier molecular flexibility index (Phi) is 3.42. The number of nitrogens with zero attached hydrogens (tertiary/aromatic N) is 5. The second kappa shape index (κ2) is 6.48. The monoisotopic (exact) mass is 389 g/mol. The van der Waals surface area contributed by atoms with Crippen molar-refractivity contribution in [2.24, 2.45) is 7.05 Å². The van der Waals surface area contributed by atoms with E-state index in [1.807, 2.05) is 18.3 Å². The van der Waals surface area contributed by atoms with E-state index in [1.54, 1.807) is 30.9 Å². The van der Waals surface area contributed by atoms with Crippen LogP contribution in [0.15, 0.2) is 48.9 Å². The molecule has 0 aliphatic carbocycles. The molecule has 5 rings (SSSR count). The summed E-state index contributed by atoms with van der Waals surface area (Å²) in [6.07, 6.45) is 4.91. The second-order valence-electron chi connectivity index (χ2n) is 7.05. The van der Waals surface area contributed by atoms with Crippen molar-refractivity contribution in [3.63, 3.8) is 0 Å². The van der Waals surface area contributed by atoms with Crippen LogP contribution in [0.5, 0.6) is 0 Å². The van der Waals surface area contributed by atoms with Crippen LogP contribution >= 0.6 is 0 Å². The second-order valence-corrected chi connectivity index (χ2v) is 7.05. The number of rotatable bonds is 3.